The van der Waals surface area contributed by atoms with Gasteiger partial charge in [0.25, 0.3) is 0 Å². The monoisotopic (exact) mass is 345 g/mol. The quantitative estimate of drug-likeness (QED) is 0.742. The number of rotatable bonds is 6. The lowest BCUT2D eigenvalue weighted by Crippen LogP contribution is -2.54. The third kappa shape index (κ3) is 3.21. The minimum Gasteiger partial charge on any atom is -0.469 e. The van der Waals surface area contributed by atoms with Gasteiger partial charge in [0.05, 0.1) is 31.8 Å². The topological polar surface area (TPSA) is 59.8 Å². The number of nitrogens with zero attached hydrogens (tertiary/aromatic N) is 1. The molecule has 4 fully saturated rings. The SMILES string of the molecule is COC(=O)CCN(Cc1ccco1)C(=O)C12CC3CC(CC(C3)C1)C2. The first-order chi connectivity index (χ1) is 12.1. The van der Waals surface area contributed by atoms with Crippen LogP contribution in [0.1, 0.15) is 50.7 Å². The van der Waals surface area contributed by atoms with E-state index < -0.39 is 0 Å². The summed E-state index contributed by atoms with van der Waals surface area (Å²) in [5, 5.41) is 0. The highest BCUT2D eigenvalue weighted by Crippen LogP contribution is 2.60. The summed E-state index contributed by atoms with van der Waals surface area (Å²) in [6.45, 7) is 0.832. The van der Waals surface area contributed by atoms with Crippen LogP contribution in [0.15, 0.2) is 22.8 Å². The van der Waals surface area contributed by atoms with Crippen molar-refractivity contribution in [1.82, 2.24) is 4.90 Å². The molecule has 0 spiro atoms. The van der Waals surface area contributed by atoms with Crippen LogP contribution >= 0.6 is 0 Å². The molecule has 1 aromatic rings. The Morgan fingerprint density at radius 2 is 1.84 bits per heavy atom. The van der Waals surface area contributed by atoms with E-state index in [1.54, 1.807) is 6.26 Å². The number of carbonyl (C=O) groups is 2. The third-order valence-corrected chi connectivity index (χ3v) is 6.52. The van der Waals surface area contributed by atoms with Gasteiger partial charge in [0.15, 0.2) is 0 Å². The Labute approximate surface area is 148 Å². The van der Waals surface area contributed by atoms with E-state index in [1.165, 1.54) is 26.4 Å². The number of amides is 1. The van der Waals surface area contributed by atoms with Gasteiger partial charge < -0.3 is 14.1 Å². The van der Waals surface area contributed by atoms with Gasteiger partial charge in [0, 0.05) is 6.54 Å². The lowest BCUT2D eigenvalue weighted by molar-refractivity contribution is -0.159. The molecule has 4 aliphatic carbocycles. The van der Waals surface area contributed by atoms with Crippen LogP contribution in [0.5, 0.6) is 0 Å². The van der Waals surface area contributed by atoms with Gasteiger partial charge in [-0.2, -0.15) is 0 Å². The average Bonchev–Trinajstić information content (AvgIpc) is 3.09. The average molecular weight is 345 g/mol. The van der Waals surface area contributed by atoms with Gasteiger partial charge in [-0.15, -0.1) is 0 Å². The van der Waals surface area contributed by atoms with Crippen LogP contribution in [0.2, 0.25) is 0 Å². The smallest absolute Gasteiger partial charge is 0.307 e. The number of ether oxygens (including phenoxy) is 1. The molecule has 4 bridgehead atoms. The molecule has 1 amide bonds. The molecule has 5 rings (SSSR count). The fourth-order valence-corrected chi connectivity index (χ4v) is 5.88. The molecule has 1 aromatic heterocycles. The summed E-state index contributed by atoms with van der Waals surface area (Å²) in [5.74, 6) is 2.89. The molecule has 0 aromatic carbocycles. The number of esters is 1. The Kier molecular flexibility index (Phi) is 4.34. The van der Waals surface area contributed by atoms with Gasteiger partial charge in [0.2, 0.25) is 5.91 Å². The molecule has 0 atom stereocenters. The van der Waals surface area contributed by atoms with E-state index in [1.807, 2.05) is 17.0 Å². The number of hydrogen-bond donors (Lipinski definition) is 0. The summed E-state index contributed by atoms with van der Waals surface area (Å²) in [6, 6.07) is 3.72. The standard InChI is InChI=1S/C20H27NO4/c1-24-18(22)4-5-21(13-17-3-2-6-25-17)19(23)20-10-14-7-15(11-20)9-16(8-14)12-20/h2-3,6,14-16H,4-5,7-13H2,1H3. The van der Waals surface area contributed by atoms with Gasteiger partial charge in [-0.1, -0.05) is 0 Å². The van der Waals surface area contributed by atoms with Crippen LogP contribution < -0.4 is 0 Å². The number of furan rings is 1. The van der Waals surface area contributed by atoms with E-state index in [0.717, 1.165) is 42.8 Å². The predicted octanol–water partition coefficient (Wildman–Crippen LogP) is 3.39. The molecule has 136 valence electrons. The van der Waals surface area contributed by atoms with E-state index in [9.17, 15) is 9.59 Å². The molecular formula is C20H27NO4. The van der Waals surface area contributed by atoms with Crippen LogP contribution in [0.3, 0.4) is 0 Å². The molecule has 1 heterocycles. The highest BCUT2D eigenvalue weighted by atomic mass is 16.5. The fraction of sp³-hybridized carbons (Fsp3) is 0.700. The Hall–Kier alpha value is -1.78. The summed E-state index contributed by atoms with van der Waals surface area (Å²) >= 11 is 0. The Bertz CT molecular complexity index is 601. The minimum atomic E-state index is -0.275. The molecule has 0 radical (unpaired) electrons. The summed E-state index contributed by atoms with van der Waals surface area (Å²) in [7, 11) is 1.39. The second-order valence-corrected chi connectivity index (χ2v) is 8.33. The van der Waals surface area contributed by atoms with Crippen molar-refractivity contribution in [2.45, 2.75) is 51.5 Å². The van der Waals surface area contributed by atoms with Crippen molar-refractivity contribution in [3.63, 3.8) is 0 Å². The van der Waals surface area contributed by atoms with Crippen LogP contribution in [-0.4, -0.2) is 30.4 Å². The second-order valence-electron chi connectivity index (χ2n) is 8.33. The summed E-state index contributed by atoms with van der Waals surface area (Å²) in [4.78, 5) is 27.0. The molecular weight excluding hydrogens is 318 g/mol. The number of methoxy groups -OCH3 is 1. The van der Waals surface area contributed by atoms with Crippen LogP contribution in [-0.2, 0) is 20.9 Å². The molecule has 0 aliphatic heterocycles. The maximum Gasteiger partial charge on any atom is 0.307 e. The van der Waals surface area contributed by atoms with E-state index in [4.69, 9.17) is 9.15 Å². The first-order valence-corrected chi connectivity index (χ1v) is 9.46. The highest BCUT2D eigenvalue weighted by molar-refractivity contribution is 5.83. The molecule has 0 saturated heterocycles. The van der Waals surface area contributed by atoms with Gasteiger partial charge in [-0.05, 0) is 68.4 Å². The number of hydrogen-bond acceptors (Lipinski definition) is 4. The van der Waals surface area contributed by atoms with E-state index >= 15 is 0 Å². The van der Waals surface area contributed by atoms with Crippen molar-refractivity contribution >= 4 is 11.9 Å². The van der Waals surface area contributed by atoms with Gasteiger partial charge >= 0.3 is 5.97 Å². The van der Waals surface area contributed by atoms with Crippen molar-refractivity contribution < 1.29 is 18.7 Å². The molecule has 0 unspecified atom stereocenters. The minimum absolute atomic E-state index is 0.197. The van der Waals surface area contributed by atoms with E-state index in [0.29, 0.717) is 13.1 Å². The lowest BCUT2D eigenvalue weighted by Gasteiger charge is -2.56. The summed E-state index contributed by atoms with van der Waals surface area (Å²) < 4.78 is 10.2. The predicted molar refractivity (Wildman–Crippen MR) is 91.4 cm³/mol. The van der Waals surface area contributed by atoms with Crippen molar-refractivity contribution in [2.24, 2.45) is 23.2 Å². The van der Waals surface area contributed by atoms with Crippen molar-refractivity contribution in [1.29, 1.82) is 0 Å². The first kappa shape index (κ1) is 16.7. The van der Waals surface area contributed by atoms with E-state index in [2.05, 4.69) is 0 Å². The highest BCUT2D eigenvalue weighted by Gasteiger charge is 2.55. The van der Waals surface area contributed by atoms with Gasteiger partial charge in [-0.25, -0.2) is 0 Å². The van der Waals surface area contributed by atoms with Gasteiger partial charge in [0.1, 0.15) is 5.76 Å². The van der Waals surface area contributed by atoms with Crippen LogP contribution in [0.25, 0.3) is 0 Å². The zero-order valence-corrected chi connectivity index (χ0v) is 14.9. The molecule has 0 N–H and O–H groups in total. The lowest BCUT2D eigenvalue weighted by atomic mass is 9.49. The molecule has 4 aliphatic rings. The summed E-state index contributed by atoms with van der Waals surface area (Å²) in [5.41, 5.74) is -0.197. The zero-order chi connectivity index (χ0) is 17.4. The second kappa shape index (κ2) is 6.50. The maximum absolute atomic E-state index is 13.6. The molecule has 25 heavy (non-hydrogen) atoms. The molecule has 5 heteroatoms. The van der Waals surface area contributed by atoms with Crippen molar-refractivity contribution in [3.8, 4) is 0 Å². The Balaban J connectivity index is 1.53. The normalized spacial score (nSPS) is 32.6. The van der Waals surface area contributed by atoms with Crippen LogP contribution in [0.4, 0.5) is 0 Å². The van der Waals surface area contributed by atoms with E-state index in [-0.39, 0.29) is 23.7 Å². The fourth-order valence-electron chi connectivity index (χ4n) is 5.88. The third-order valence-electron chi connectivity index (χ3n) is 6.52. The van der Waals surface area contributed by atoms with Crippen molar-refractivity contribution in [2.75, 3.05) is 13.7 Å². The first-order valence-electron chi connectivity index (χ1n) is 9.46. The Morgan fingerprint density at radius 3 is 2.36 bits per heavy atom. The zero-order valence-electron chi connectivity index (χ0n) is 14.9. The maximum atomic E-state index is 13.6. The van der Waals surface area contributed by atoms with Crippen molar-refractivity contribution in [3.05, 3.63) is 24.2 Å². The molecule has 5 nitrogen and oxygen atoms in total. The van der Waals surface area contributed by atoms with Gasteiger partial charge in [-0.3, -0.25) is 9.59 Å². The number of carbonyl (C=O) groups excluding carboxylic acids is 2. The summed E-state index contributed by atoms with van der Waals surface area (Å²) in [6.07, 6.45) is 8.89. The molecule has 4 saturated carbocycles. The van der Waals surface area contributed by atoms with Crippen LogP contribution in [0, 0.1) is 23.2 Å². The largest absolute Gasteiger partial charge is 0.469 e. The Morgan fingerprint density at radius 1 is 1.20 bits per heavy atom.